The van der Waals surface area contributed by atoms with E-state index in [-0.39, 0.29) is 16.4 Å². The van der Waals surface area contributed by atoms with Crippen molar-refractivity contribution in [1.82, 2.24) is 10.3 Å². The van der Waals surface area contributed by atoms with Crippen LogP contribution in [0.4, 0.5) is 17.1 Å². The number of thiocarbonyl (C=S) groups is 1. The number of amides is 1. The smallest absolute Gasteiger partial charge is 0.293 e. The molecule has 5 rings (SSSR count). The molecule has 4 aromatic rings. The van der Waals surface area contributed by atoms with E-state index in [0.717, 1.165) is 5.56 Å². The number of hydrogen-bond acceptors (Lipinski definition) is 8. The van der Waals surface area contributed by atoms with Crippen molar-refractivity contribution >= 4 is 63.0 Å². The molecule has 1 aromatic heterocycles. The van der Waals surface area contributed by atoms with Gasteiger partial charge in [0.25, 0.3) is 11.6 Å². The summed E-state index contributed by atoms with van der Waals surface area (Å²) in [5, 5.41) is 17.7. The van der Waals surface area contributed by atoms with E-state index in [4.69, 9.17) is 33.0 Å². The molecule has 0 unspecified atom stereocenters. The molecule has 0 saturated carbocycles. The Morgan fingerprint density at radius 1 is 1.13 bits per heavy atom. The number of nitro benzene ring substituents is 1. The van der Waals surface area contributed by atoms with Crippen LogP contribution in [0, 0.1) is 17.0 Å². The first kappa shape index (κ1) is 25.6. The monoisotopic (exact) mass is 551 g/mol. The lowest BCUT2D eigenvalue weighted by Gasteiger charge is -2.28. The maximum Gasteiger partial charge on any atom is 0.293 e. The first-order valence-corrected chi connectivity index (χ1v) is 12.5. The van der Waals surface area contributed by atoms with Crippen LogP contribution in [0.25, 0.3) is 22.6 Å². The normalized spacial score (nSPS) is 13.4. The number of fused-ring (bicyclic) bond motifs is 1. The maximum absolute atomic E-state index is 12.8. The van der Waals surface area contributed by atoms with E-state index in [1.165, 1.54) is 12.1 Å². The minimum Gasteiger partial charge on any atom is -0.436 e. The minimum absolute atomic E-state index is 0.0105. The van der Waals surface area contributed by atoms with Gasteiger partial charge < -0.3 is 19.4 Å². The molecule has 1 aliphatic heterocycles. The van der Waals surface area contributed by atoms with E-state index in [0.29, 0.717) is 65.3 Å². The molecule has 194 valence electrons. The summed E-state index contributed by atoms with van der Waals surface area (Å²) in [7, 11) is 0. The van der Waals surface area contributed by atoms with Crippen LogP contribution in [-0.4, -0.2) is 47.2 Å². The molecule has 10 nitrogen and oxygen atoms in total. The number of rotatable bonds is 5. The maximum atomic E-state index is 12.8. The largest absolute Gasteiger partial charge is 0.436 e. The number of aromatic nitrogens is 1. The molecule has 0 radical (unpaired) electrons. The third kappa shape index (κ3) is 5.44. The topological polar surface area (TPSA) is 123 Å². The van der Waals surface area contributed by atoms with Gasteiger partial charge in [0.2, 0.25) is 5.89 Å². The quantitative estimate of drug-likeness (QED) is 0.192. The van der Waals surface area contributed by atoms with Crippen LogP contribution in [0.1, 0.15) is 15.9 Å². The van der Waals surface area contributed by atoms with Crippen LogP contribution in [0.2, 0.25) is 5.02 Å². The Bertz CT molecular complexity index is 1570. The number of aryl methyl sites for hydroxylation is 1. The van der Waals surface area contributed by atoms with E-state index in [1.807, 2.05) is 30.0 Å². The highest BCUT2D eigenvalue weighted by atomic mass is 35.5. The van der Waals surface area contributed by atoms with Crippen LogP contribution in [0.5, 0.6) is 0 Å². The van der Waals surface area contributed by atoms with Gasteiger partial charge in [-0.1, -0.05) is 17.7 Å². The summed E-state index contributed by atoms with van der Waals surface area (Å²) >= 11 is 11.7. The standard InChI is InChI=1S/C26H22ClN5O5S/c1-15-2-7-23-20(12-15)29-25(37-23)18-14-17(4-5-19(18)27)28-26(38)30-24(33)16-3-6-21(22(13-16)32(34)35)31-8-10-36-11-9-31/h2-7,12-14H,8-11H2,1H3,(H2,28,30,33,38). The molecule has 1 aliphatic rings. The number of nitrogens with one attached hydrogen (secondary N) is 2. The fourth-order valence-corrected chi connectivity index (χ4v) is 4.55. The van der Waals surface area contributed by atoms with Gasteiger partial charge in [0, 0.05) is 30.4 Å². The van der Waals surface area contributed by atoms with Gasteiger partial charge >= 0.3 is 0 Å². The van der Waals surface area contributed by atoms with Crippen LogP contribution >= 0.6 is 23.8 Å². The summed E-state index contributed by atoms with van der Waals surface area (Å²) in [4.78, 5) is 30.4. The molecule has 2 heterocycles. The van der Waals surface area contributed by atoms with Gasteiger partial charge in [-0.15, -0.1) is 0 Å². The Kier molecular flexibility index (Phi) is 7.23. The number of oxazole rings is 1. The number of morpholine rings is 1. The lowest BCUT2D eigenvalue weighted by Crippen LogP contribution is -2.37. The summed E-state index contributed by atoms with van der Waals surface area (Å²) in [5.74, 6) is -0.232. The van der Waals surface area contributed by atoms with Crippen LogP contribution in [0.3, 0.4) is 0 Å². The van der Waals surface area contributed by atoms with Crippen LogP contribution in [0.15, 0.2) is 59.0 Å². The summed E-state index contributed by atoms with van der Waals surface area (Å²) in [6.07, 6.45) is 0. The van der Waals surface area contributed by atoms with Crippen molar-refractivity contribution in [2.24, 2.45) is 0 Å². The van der Waals surface area contributed by atoms with Gasteiger partial charge in [0.05, 0.1) is 28.7 Å². The van der Waals surface area contributed by atoms with Crippen molar-refractivity contribution in [3.8, 4) is 11.5 Å². The first-order valence-electron chi connectivity index (χ1n) is 11.7. The van der Waals surface area contributed by atoms with Gasteiger partial charge in [-0.25, -0.2) is 4.98 Å². The van der Waals surface area contributed by atoms with Gasteiger partial charge in [-0.05, 0) is 67.2 Å². The van der Waals surface area contributed by atoms with Crippen molar-refractivity contribution in [2.75, 3.05) is 36.5 Å². The predicted molar refractivity (Wildman–Crippen MR) is 149 cm³/mol. The SMILES string of the molecule is Cc1ccc2oc(-c3cc(NC(=S)NC(=O)c4ccc(N5CCOCC5)c([N+](=O)[O-])c4)ccc3Cl)nc2c1. The lowest BCUT2D eigenvalue weighted by atomic mass is 10.1. The molecule has 0 atom stereocenters. The number of anilines is 2. The van der Waals surface area contributed by atoms with Crippen LogP contribution in [-0.2, 0) is 4.74 Å². The van der Waals surface area contributed by atoms with Crippen molar-refractivity contribution < 1.29 is 18.9 Å². The number of hydrogen-bond donors (Lipinski definition) is 2. The zero-order chi connectivity index (χ0) is 26.8. The Morgan fingerprint density at radius 2 is 1.92 bits per heavy atom. The highest BCUT2D eigenvalue weighted by molar-refractivity contribution is 7.80. The van der Waals surface area contributed by atoms with Gasteiger partial charge in [-0.2, -0.15) is 0 Å². The molecule has 38 heavy (non-hydrogen) atoms. The molecule has 1 amide bonds. The van der Waals surface area contributed by atoms with Crippen molar-refractivity contribution in [3.63, 3.8) is 0 Å². The summed E-state index contributed by atoms with van der Waals surface area (Å²) in [5.41, 5.74) is 3.89. The van der Waals surface area contributed by atoms with E-state index in [1.54, 1.807) is 24.3 Å². The molecule has 2 N–H and O–H groups in total. The fraction of sp³-hybridized carbons (Fsp3) is 0.192. The van der Waals surface area contributed by atoms with Gasteiger partial charge in [-0.3, -0.25) is 20.2 Å². The number of halogens is 1. The van der Waals surface area contributed by atoms with Crippen molar-refractivity contribution in [3.05, 3.63) is 80.9 Å². The van der Waals surface area contributed by atoms with E-state index >= 15 is 0 Å². The Labute approximate surface area is 227 Å². The number of nitro groups is 1. The zero-order valence-electron chi connectivity index (χ0n) is 20.2. The summed E-state index contributed by atoms with van der Waals surface area (Å²) < 4.78 is 11.2. The number of carbonyl (C=O) groups excluding carboxylic acids is 1. The molecule has 12 heteroatoms. The van der Waals surface area contributed by atoms with Gasteiger partial charge in [0.15, 0.2) is 10.7 Å². The molecular formula is C26H22ClN5O5S. The summed E-state index contributed by atoms with van der Waals surface area (Å²) in [6, 6.07) is 15.1. The average Bonchev–Trinajstić information content (AvgIpc) is 3.32. The minimum atomic E-state index is -0.581. The van der Waals surface area contributed by atoms with Gasteiger partial charge in [0.1, 0.15) is 11.2 Å². The van der Waals surface area contributed by atoms with Crippen LogP contribution < -0.4 is 15.5 Å². The highest BCUT2D eigenvalue weighted by Gasteiger charge is 2.23. The predicted octanol–water partition coefficient (Wildman–Crippen LogP) is 5.33. The third-order valence-corrected chi connectivity index (χ3v) is 6.54. The average molecular weight is 552 g/mol. The molecule has 0 spiro atoms. The molecule has 0 aliphatic carbocycles. The van der Waals surface area contributed by atoms with E-state index in [9.17, 15) is 14.9 Å². The lowest BCUT2D eigenvalue weighted by molar-refractivity contribution is -0.384. The van der Waals surface area contributed by atoms with E-state index in [2.05, 4.69) is 15.6 Å². The molecular weight excluding hydrogens is 530 g/mol. The molecule has 1 saturated heterocycles. The molecule has 1 fully saturated rings. The fourth-order valence-electron chi connectivity index (χ4n) is 4.14. The highest BCUT2D eigenvalue weighted by Crippen LogP contribution is 2.33. The van der Waals surface area contributed by atoms with E-state index < -0.39 is 10.8 Å². The third-order valence-electron chi connectivity index (χ3n) is 6.01. The Morgan fingerprint density at radius 3 is 2.68 bits per heavy atom. The van der Waals surface area contributed by atoms with Crippen molar-refractivity contribution in [1.29, 1.82) is 0 Å². The number of benzene rings is 3. The second-order valence-corrected chi connectivity index (χ2v) is 9.47. The number of carbonyl (C=O) groups is 1. The molecule has 3 aromatic carbocycles. The Hall–Kier alpha value is -4.06. The molecule has 0 bridgehead atoms. The zero-order valence-corrected chi connectivity index (χ0v) is 21.8. The first-order chi connectivity index (χ1) is 18.3. The number of ether oxygens (including phenoxy) is 1. The van der Waals surface area contributed by atoms with Crippen molar-refractivity contribution in [2.45, 2.75) is 6.92 Å². The summed E-state index contributed by atoms with van der Waals surface area (Å²) in [6.45, 7) is 4.01. The second-order valence-electron chi connectivity index (χ2n) is 8.65. The second kappa shape index (κ2) is 10.7. The number of nitrogens with zero attached hydrogens (tertiary/aromatic N) is 3. The Balaban J connectivity index is 1.31.